The SMILES string of the molecule is COCCOCCCCNC(=O)c1nc[nH]c1C(=O)O. The molecule has 0 unspecified atom stereocenters. The van der Waals surface area contributed by atoms with E-state index >= 15 is 0 Å². The molecule has 0 saturated heterocycles. The summed E-state index contributed by atoms with van der Waals surface area (Å²) >= 11 is 0. The molecule has 0 aliphatic heterocycles. The summed E-state index contributed by atoms with van der Waals surface area (Å²) in [5.41, 5.74) is -0.306. The lowest BCUT2D eigenvalue weighted by Gasteiger charge is -2.05. The number of aromatic amines is 1. The van der Waals surface area contributed by atoms with Gasteiger partial charge in [0.25, 0.3) is 5.91 Å². The second kappa shape index (κ2) is 9.05. The van der Waals surface area contributed by atoms with Crippen molar-refractivity contribution in [3.05, 3.63) is 17.7 Å². The standard InChI is InChI=1S/C12H19N3O5/c1-19-6-7-20-5-3-2-4-13-11(16)9-10(12(17)18)15-8-14-9/h8H,2-7H2,1H3,(H,13,16)(H,14,15)(H,17,18). The second-order valence-corrected chi connectivity index (χ2v) is 4.00. The first-order chi connectivity index (χ1) is 9.66. The summed E-state index contributed by atoms with van der Waals surface area (Å²) in [6.07, 6.45) is 2.73. The van der Waals surface area contributed by atoms with Crippen molar-refractivity contribution in [2.75, 3.05) is 33.5 Å². The van der Waals surface area contributed by atoms with Crippen molar-refractivity contribution in [2.45, 2.75) is 12.8 Å². The van der Waals surface area contributed by atoms with Crippen molar-refractivity contribution < 1.29 is 24.2 Å². The second-order valence-electron chi connectivity index (χ2n) is 4.00. The van der Waals surface area contributed by atoms with Crippen LogP contribution in [0.3, 0.4) is 0 Å². The van der Waals surface area contributed by atoms with Crippen LogP contribution in [0.25, 0.3) is 0 Å². The molecule has 0 atom stereocenters. The molecule has 1 amide bonds. The number of nitrogens with one attached hydrogen (secondary N) is 2. The highest BCUT2D eigenvalue weighted by Gasteiger charge is 2.18. The summed E-state index contributed by atoms with van der Waals surface area (Å²) in [5.74, 6) is -1.71. The number of carbonyl (C=O) groups is 2. The summed E-state index contributed by atoms with van der Waals surface area (Å²) in [7, 11) is 1.61. The Kier molecular flexibility index (Phi) is 7.30. The Labute approximate surface area is 116 Å². The number of hydrogen-bond acceptors (Lipinski definition) is 5. The lowest BCUT2D eigenvalue weighted by atomic mass is 10.3. The van der Waals surface area contributed by atoms with Crippen molar-refractivity contribution in [3.8, 4) is 0 Å². The molecule has 8 heteroatoms. The molecule has 20 heavy (non-hydrogen) atoms. The number of hydrogen-bond donors (Lipinski definition) is 3. The third kappa shape index (κ3) is 5.37. The van der Waals surface area contributed by atoms with E-state index in [0.29, 0.717) is 26.4 Å². The number of rotatable bonds is 10. The van der Waals surface area contributed by atoms with E-state index in [1.165, 1.54) is 6.33 Å². The topological polar surface area (TPSA) is 114 Å². The lowest BCUT2D eigenvalue weighted by molar-refractivity contribution is 0.0681. The predicted octanol–water partition coefficient (Wildman–Crippen LogP) is 0.281. The minimum absolute atomic E-state index is 0.103. The normalized spacial score (nSPS) is 10.4. The van der Waals surface area contributed by atoms with Gasteiger partial charge in [0.2, 0.25) is 0 Å². The van der Waals surface area contributed by atoms with Gasteiger partial charge in [-0.25, -0.2) is 9.78 Å². The van der Waals surface area contributed by atoms with Gasteiger partial charge in [0.1, 0.15) is 0 Å². The minimum atomic E-state index is -1.21. The number of methoxy groups -OCH3 is 1. The van der Waals surface area contributed by atoms with E-state index in [9.17, 15) is 9.59 Å². The molecule has 0 aliphatic carbocycles. The number of carbonyl (C=O) groups excluding carboxylic acids is 1. The molecular weight excluding hydrogens is 266 g/mol. The molecule has 0 radical (unpaired) electrons. The van der Waals surface area contributed by atoms with Crippen molar-refractivity contribution in [3.63, 3.8) is 0 Å². The lowest BCUT2D eigenvalue weighted by Crippen LogP contribution is -2.26. The van der Waals surface area contributed by atoms with Crippen molar-refractivity contribution in [1.82, 2.24) is 15.3 Å². The van der Waals surface area contributed by atoms with E-state index in [0.717, 1.165) is 12.8 Å². The molecule has 1 heterocycles. The fourth-order valence-corrected chi connectivity index (χ4v) is 1.49. The van der Waals surface area contributed by atoms with Crippen LogP contribution in [-0.2, 0) is 9.47 Å². The first kappa shape index (κ1) is 16.1. The maximum Gasteiger partial charge on any atom is 0.354 e. The molecule has 1 aromatic heterocycles. The molecule has 0 bridgehead atoms. The van der Waals surface area contributed by atoms with Gasteiger partial charge in [-0.15, -0.1) is 0 Å². The van der Waals surface area contributed by atoms with E-state index in [4.69, 9.17) is 14.6 Å². The molecule has 1 rings (SSSR count). The molecule has 0 aliphatic rings. The van der Waals surface area contributed by atoms with Crippen molar-refractivity contribution in [2.24, 2.45) is 0 Å². The molecule has 8 nitrogen and oxygen atoms in total. The number of imidazole rings is 1. The van der Waals surface area contributed by atoms with Crippen LogP contribution in [0.5, 0.6) is 0 Å². The Balaban J connectivity index is 2.17. The number of amides is 1. The Morgan fingerprint density at radius 2 is 2.15 bits per heavy atom. The molecule has 3 N–H and O–H groups in total. The molecule has 0 saturated carbocycles. The number of carboxylic acids is 1. The molecule has 0 aromatic carbocycles. The Morgan fingerprint density at radius 3 is 2.85 bits per heavy atom. The summed E-state index contributed by atoms with van der Waals surface area (Å²) < 4.78 is 10.1. The zero-order chi connectivity index (χ0) is 14.8. The largest absolute Gasteiger partial charge is 0.477 e. The third-order valence-corrected chi connectivity index (χ3v) is 2.50. The van der Waals surface area contributed by atoms with Gasteiger partial charge in [0.05, 0.1) is 19.5 Å². The van der Waals surface area contributed by atoms with Crippen LogP contribution in [0.1, 0.15) is 33.8 Å². The molecule has 0 spiro atoms. The number of H-pyrrole nitrogens is 1. The smallest absolute Gasteiger partial charge is 0.354 e. The van der Waals surface area contributed by atoms with Gasteiger partial charge in [-0.2, -0.15) is 0 Å². The van der Waals surface area contributed by atoms with Crippen LogP contribution in [-0.4, -0.2) is 60.4 Å². The number of unbranched alkanes of at least 4 members (excludes halogenated alkanes) is 1. The van der Waals surface area contributed by atoms with E-state index < -0.39 is 11.9 Å². The molecule has 0 fully saturated rings. The Hall–Kier alpha value is -1.93. The number of ether oxygens (including phenoxy) is 2. The number of nitrogens with zero attached hydrogens (tertiary/aromatic N) is 1. The van der Waals surface area contributed by atoms with Gasteiger partial charge in [0.15, 0.2) is 11.4 Å². The average Bonchev–Trinajstić information content (AvgIpc) is 2.91. The van der Waals surface area contributed by atoms with E-state index in [1.807, 2.05) is 0 Å². The highest BCUT2D eigenvalue weighted by Crippen LogP contribution is 2.02. The summed E-state index contributed by atoms with van der Waals surface area (Å²) in [6.45, 7) is 2.16. The highest BCUT2D eigenvalue weighted by molar-refractivity contribution is 6.02. The van der Waals surface area contributed by atoms with Gasteiger partial charge in [-0.3, -0.25) is 4.79 Å². The number of carboxylic acid groups (broad SMARTS) is 1. The first-order valence-electron chi connectivity index (χ1n) is 6.28. The molecule has 112 valence electrons. The summed E-state index contributed by atoms with van der Waals surface area (Å²) in [6, 6.07) is 0. The maximum atomic E-state index is 11.7. The predicted molar refractivity (Wildman–Crippen MR) is 69.8 cm³/mol. The van der Waals surface area contributed by atoms with Crippen LogP contribution in [0.2, 0.25) is 0 Å². The van der Waals surface area contributed by atoms with Crippen LogP contribution in [0.4, 0.5) is 0 Å². The Morgan fingerprint density at radius 1 is 1.35 bits per heavy atom. The van der Waals surface area contributed by atoms with Gasteiger partial charge < -0.3 is 24.9 Å². The third-order valence-electron chi connectivity index (χ3n) is 2.50. The van der Waals surface area contributed by atoms with Crippen molar-refractivity contribution >= 4 is 11.9 Å². The van der Waals surface area contributed by atoms with Crippen LogP contribution in [0.15, 0.2) is 6.33 Å². The molecule has 1 aromatic rings. The van der Waals surface area contributed by atoms with Crippen LogP contribution < -0.4 is 5.32 Å². The fraction of sp³-hybridized carbons (Fsp3) is 0.583. The van der Waals surface area contributed by atoms with E-state index in [-0.39, 0.29) is 11.4 Å². The number of aromatic nitrogens is 2. The first-order valence-corrected chi connectivity index (χ1v) is 6.28. The maximum absolute atomic E-state index is 11.7. The van der Waals surface area contributed by atoms with Gasteiger partial charge in [-0.05, 0) is 12.8 Å². The van der Waals surface area contributed by atoms with Crippen LogP contribution in [0, 0.1) is 0 Å². The molecular formula is C12H19N3O5. The fourth-order valence-electron chi connectivity index (χ4n) is 1.49. The van der Waals surface area contributed by atoms with Gasteiger partial charge in [0, 0.05) is 20.3 Å². The summed E-state index contributed by atoms with van der Waals surface area (Å²) in [5, 5.41) is 11.5. The average molecular weight is 285 g/mol. The monoisotopic (exact) mass is 285 g/mol. The van der Waals surface area contributed by atoms with Gasteiger partial charge in [-0.1, -0.05) is 0 Å². The van der Waals surface area contributed by atoms with Crippen molar-refractivity contribution in [1.29, 1.82) is 0 Å². The van der Waals surface area contributed by atoms with Crippen LogP contribution >= 0.6 is 0 Å². The minimum Gasteiger partial charge on any atom is -0.477 e. The highest BCUT2D eigenvalue weighted by atomic mass is 16.5. The quantitative estimate of drug-likeness (QED) is 0.532. The van der Waals surface area contributed by atoms with E-state index in [2.05, 4.69) is 15.3 Å². The Bertz CT molecular complexity index is 432. The summed E-state index contributed by atoms with van der Waals surface area (Å²) in [4.78, 5) is 28.6. The number of aromatic carboxylic acids is 1. The van der Waals surface area contributed by atoms with Gasteiger partial charge >= 0.3 is 5.97 Å². The van der Waals surface area contributed by atoms with E-state index in [1.54, 1.807) is 7.11 Å². The zero-order valence-corrected chi connectivity index (χ0v) is 11.3. The zero-order valence-electron chi connectivity index (χ0n) is 11.3.